The minimum atomic E-state index is -0.343. The Kier molecular flexibility index (Phi) is 4.66. The van der Waals surface area contributed by atoms with E-state index in [1.165, 1.54) is 29.8 Å². The van der Waals surface area contributed by atoms with Gasteiger partial charge in [0.15, 0.2) is 6.61 Å². The fourth-order valence-electron chi connectivity index (χ4n) is 2.56. The number of nitrogens with zero attached hydrogens (tertiary/aromatic N) is 1. The minimum Gasteiger partial charge on any atom is -0.484 e. The van der Waals surface area contributed by atoms with Crippen molar-refractivity contribution in [3.63, 3.8) is 0 Å². The van der Waals surface area contributed by atoms with Gasteiger partial charge < -0.3 is 4.74 Å². The van der Waals surface area contributed by atoms with Crippen LogP contribution in [0.1, 0.15) is 24.0 Å². The molecule has 0 radical (unpaired) electrons. The van der Waals surface area contributed by atoms with Gasteiger partial charge in [-0.3, -0.25) is 4.79 Å². The molecule has 2 aromatic rings. The first kappa shape index (κ1) is 15.2. The molecule has 0 heterocycles. The number of carbonyl (C=O) groups excluding carboxylic acids is 1. The molecule has 23 heavy (non-hydrogen) atoms. The van der Waals surface area contributed by atoms with Crippen molar-refractivity contribution in [3.8, 4) is 5.75 Å². The van der Waals surface area contributed by atoms with Crippen molar-refractivity contribution in [2.24, 2.45) is 5.10 Å². The number of hydrogen-bond acceptors (Lipinski definition) is 3. The third-order valence-corrected chi connectivity index (χ3v) is 3.69. The molecule has 1 N–H and O–H groups in total. The van der Waals surface area contributed by atoms with E-state index in [4.69, 9.17) is 4.74 Å². The summed E-state index contributed by atoms with van der Waals surface area (Å²) in [5.74, 6) is -0.244. The lowest BCUT2D eigenvalue weighted by molar-refractivity contribution is -0.123. The number of halogens is 1. The Labute approximate surface area is 134 Å². The lowest BCUT2D eigenvalue weighted by Crippen LogP contribution is -2.26. The maximum Gasteiger partial charge on any atom is 0.277 e. The van der Waals surface area contributed by atoms with Gasteiger partial charge in [-0.05, 0) is 49.1 Å². The molecule has 2 aromatic carbocycles. The maximum absolute atomic E-state index is 12.8. The van der Waals surface area contributed by atoms with E-state index in [0.717, 1.165) is 30.5 Å². The Balaban J connectivity index is 1.57. The Morgan fingerprint density at radius 1 is 1.13 bits per heavy atom. The van der Waals surface area contributed by atoms with Gasteiger partial charge in [-0.15, -0.1) is 0 Å². The highest BCUT2D eigenvalue weighted by atomic mass is 19.1. The second-order valence-corrected chi connectivity index (χ2v) is 5.35. The topological polar surface area (TPSA) is 50.7 Å². The van der Waals surface area contributed by atoms with Crippen LogP contribution in [-0.2, 0) is 11.2 Å². The number of benzene rings is 2. The van der Waals surface area contributed by atoms with Gasteiger partial charge >= 0.3 is 0 Å². The summed E-state index contributed by atoms with van der Waals surface area (Å²) >= 11 is 0. The molecule has 5 heteroatoms. The largest absolute Gasteiger partial charge is 0.484 e. The fourth-order valence-corrected chi connectivity index (χ4v) is 2.56. The maximum atomic E-state index is 12.8. The van der Waals surface area contributed by atoms with E-state index in [-0.39, 0.29) is 18.3 Å². The van der Waals surface area contributed by atoms with Crippen LogP contribution >= 0.6 is 0 Å². The van der Waals surface area contributed by atoms with Gasteiger partial charge in [-0.2, -0.15) is 5.10 Å². The molecule has 0 aromatic heterocycles. The molecule has 3 rings (SSSR count). The van der Waals surface area contributed by atoms with Crippen molar-refractivity contribution in [2.75, 3.05) is 6.61 Å². The summed E-state index contributed by atoms with van der Waals surface area (Å²) in [5.41, 5.74) is 5.77. The van der Waals surface area contributed by atoms with Crippen LogP contribution in [0.2, 0.25) is 0 Å². The van der Waals surface area contributed by atoms with Gasteiger partial charge in [0.05, 0.1) is 5.71 Å². The predicted molar refractivity (Wildman–Crippen MR) is 86.0 cm³/mol. The standard InChI is InChI=1S/C18H17FN2O2/c19-14-8-10-15(11-9-14)23-12-18(22)21-20-17-7-3-5-13-4-1-2-6-16(13)17/h1-2,4,6,8-11H,3,5,7,12H2,(H,21,22)/b20-17+. The SMILES string of the molecule is O=C(COc1ccc(F)cc1)N/N=C1\CCCc2ccccc21. The number of hydrazone groups is 1. The van der Waals surface area contributed by atoms with E-state index in [1.807, 2.05) is 18.2 Å². The zero-order valence-corrected chi connectivity index (χ0v) is 12.6. The summed E-state index contributed by atoms with van der Waals surface area (Å²) in [6, 6.07) is 13.6. The van der Waals surface area contributed by atoms with Gasteiger partial charge in [0.25, 0.3) is 5.91 Å². The molecule has 1 amide bonds. The first-order chi connectivity index (χ1) is 11.2. The molecule has 1 aliphatic carbocycles. The highest BCUT2D eigenvalue weighted by Gasteiger charge is 2.15. The number of ether oxygens (including phenoxy) is 1. The average molecular weight is 312 g/mol. The summed E-state index contributed by atoms with van der Waals surface area (Å²) in [6.07, 6.45) is 2.91. The summed E-state index contributed by atoms with van der Waals surface area (Å²) in [6.45, 7) is -0.163. The van der Waals surface area contributed by atoms with Gasteiger partial charge in [-0.1, -0.05) is 24.3 Å². The monoisotopic (exact) mass is 312 g/mol. The highest BCUT2D eigenvalue weighted by molar-refractivity contribution is 6.03. The number of carbonyl (C=O) groups is 1. The molecule has 0 bridgehead atoms. The number of amides is 1. The molecule has 118 valence electrons. The second kappa shape index (κ2) is 7.05. The van der Waals surface area contributed by atoms with Gasteiger partial charge in [0, 0.05) is 5.56 Å². The number of aryl methyl sites for hydroxylation is 1. The minimum absolute atomic E-state index is 0.163. The number of rotatable bonds is 4. The Bertz CT molecular complexity index is 726. The normalized spacial score (nSPS) is 15.1. The molecule has 0 fully saturated rings. The number of nitrogens with one attached hydrogen (secondary N) is 1. The lowest BCUT2D eigenvalue weighted by Gasteiger charge is -2.17. The molecule has 0 saturated carbocycles. The Morgan fingerprint density at radius 2 is 1.91 bits per heavy atom. The summed E-state index contributed by atoms with van der Waals surface area (Å²) in [7, 11) is 0. The second-order valence-electron chi connectivity index (χ2n) is 5.35. The molecule has 0 saturated heterocycles. The third-order valence-electron chi connectivity index (χ3n) is 3.69. The van der Waals surface area contributed by atoms with E-state index in [2.05, 4.69) is 16.6 Å². The van der Waals surface area contributed by atoms with Crippen molar-refractivity contribution in [1.82, 2.24) is 5.43 Å². The van der Waals surface area contributed by atoms with Crippen molar-refractivity contribution in [1.29, 1.82) is 0 Å². The van der Waals surface area contributed by atoms with Gasteiger partial charge in [0.2, 0.25) is 0 Å². The van der Waals surface area contributed by atoms with Gasteiger partial charge in [0.1, 0.15) is 11.6 Å². The Hall–Kier alpha value is -2.69. The molecule has 0 aliphatic heterocycles. The average Bonchev–Trinajstić information content (AvgIpc) is 2.59. The molecule has 0 atom stereocenters. The molecule has 0 unspecified atom stereocenters. The van der Waals surface area contributed by atoms with Crippen LogP contribution < -0.4 is 10.2 Å². The van der Waals surface area contributed by atoms with E-state index in [1.54, 1.807) is 0 Å². The Morgan fingerprint density at radius 3 is 2.74 bits per heavy atom. The lowest BCUT2D eigenvalue weighted by atomic mass is 9.90. The fraction of sp³-hybridized carbons (Fsp3) is 0.222. The number of hydrogen-bond donors (Lipinski definition) is 1. The van der Waals surface area contributed by atoms with Crippen LogP contribution in [0, 0.1) is 5.82 Å². The van der Waals surface area contributed by atoms with Crippen LogP contribution in [0.3, 0.4) is 0 Å². The quantitative estimate of drug-likeness (QED) is 0.882. The molecule has 0 spiro atoms. The molecule has 1 aliphatic rings. The van der Waals surface area contributed by atoms with Crippen LogP contribution in [0.5, 0.6) is 5.75 Å². The third kappa shape index (κ3) is 3.94. The van der Waals surface area contributed by atoms with Crippen LogP contribution in [0.25, 0.3) is 0 Å². The van der Waals surface area contributed by atoms with Crippen LogP contribution in [0.4, 0.5) is 4.39 Å². The van der Waals surface area contributed by atoms with Crippen LogP contribution in [0.15, 0.2) is 53.6 Å². The van der Waals surface area contributed by atoms with E-state index in [9.17, 15) is 9.18 Å². The van der Waals surface area contributed by atoms with Gasteiger partial charge in [-0.25, -0.2) is 9.82 Å². The zero-order valence-electron chi connectivity index (χ0n) is 12.6. The molecule has 4 nitrogen and oxygen atoms in total. The van der Waals surface area contributed by atoms with Crippen LogP contribution in [-0.4, -0.2) is 18.2 Å². The van der Waals surface area contributed by atoms with Crippen molar-refractivity contribution in [2.45, 2.75) is 19.3 Å². The predicted octanol–water partition coefficient (Wildman–Crippen LogP) is 3.06. The molecular weight excluding hydrogens is 295 g/mol. The smallest absolute Gasteiger partial charge is 0.277 e. The van der Waals surface area contributed by atoms with Crippen molar-refractivity contribution in [3.05, 3.63) is 65.5 Å². The number of fused-ring (bicyclic) bond motifs is 1. The summed E-state index contributed by atoms with van der Waals surface area (Å²) in [5, 5.41) is 4.23. The first-order valence-electron chi connectivity index (χ1n) is 7.54. The van der Waals surface area contributed by atoms with Crippen molar-refractivity contribution < 1.29 is 13.9 Å². The zero-order chi connectivity index (χ0) is 16.1. The van der Waals surface area contributed by atoms with E-state index in [0.29, 0.717) is 5.75 Å². The van der Waals surface area contributed by atoms with E-state index < -0.39 is 0 Å². The summed E-state index contributed by atoms with van der Waals surface area (Å²) in [4.78, 5) is 11.8. The first-order valence-corrected chi connectivity index (χ1v) is 7.54. The highest BCUT2D eigenvalue weighted by Crippen LogP contribution is 2.21. The van der Waals surface area contributed by atoms with E-state index >= 15 is 0 Å². The van der Waals surface area contributed by atoms with Crippen molar-refractivity contribution >= 4 is 11.6 Å². The summed E-state index contributed by atoms with van der Waals surface area (Å²) < 4.78 is 18.1. The molecular formula is C18H17FN2O2.